The minimum atomic E-state index is -0.120. The number of nitrogens with zero attached hydrogens (tertiary/aromatic N) is 1. The molecular weight excluding hydrogens is 254 g/mol. The molecule has 1 aromatic carbocycles. The van der Waals surface area contributed by atoms with Crippen molar-refractivity contribution in [3.63, 3.8) is 0 Å². The van der Waals surface area contributed by atoms with E-state index in [0.29, 0.717) is 6.54 Å². The minimum absolute atomic E-state index is 0.120. The van der Waals surface area contributed by atoms with Gasteiger partial charge in [0.2, 0.25) is 0 Å². The molecule has 0 aliphatic carbocycles. The van der Waals surface area contributed by atoms with Crippen molar-refractivity contribution in [3.05, 3.63) is 54.9 Å². The van der Waals surface area contributed by atoms with Crippen molar-refractivity contribution < 1.29 is 9.15 Å². The maximum atomic E-state index is 5.97. The number of anilines is 1. The van der Waals surface area contributed by atoms with Crippen LogP contribution < -0.4 is 10.1 Å². The van der Waals surface area contributed by atoms with Crippen LogP contribution in [0.3, 0.4) is 0 Å². The molecule has 0 amide bonds. The van der Waals surface area contributed by atoms with Gasteiger partial charge in [-0.15, -0.1) is 0 Å². The normalized spacial score (nSPS) is 17.1. The molecule has 20 heavy (non-hydrogen) atoms. The Morgan fingerprint density at radius 3 is 3.05 bits per heavy atom. The lowest BCUT2D eigenvalue weighted by atomic mass is 10.2. The first-order valence-electron chi connectivity index (χ1n) is 6.47. The highest BCUT2D eigenvalue weighted by atomic mass is 16.5. The number of ether oxygens (including phenoxy) is 1. The van der Waals surface area contributed by atoms with Gasteiger partial charge in [-0.1, -0.05) is 12.1 Å². The molecule has 1 unspecified atom stereocenters. The zero-order chi connectivity index (χ0) is 13.4. The molecule has 0 fully saturated rings. The number of hydrogen-bond acceptors (Lipinski definition) is 4. The smallest absolute Gasteiger partial charge is 0.173 e. The van der Waals surface area contributed by atoms with E-state index in [2.05, 4.69) is 15.3 Å². The Bertz CT molecular complexity index is 718. The Morgan fingerprint density at radius 2 is 2.15 bits per heavy atom. The van der Waals surface area contributed by atoms with Gasteiger partial charge in [0.05, 0.1) is 36.6 Å². The summed E-state index contributed by atoms with van der Waals surface area (Å²) in [6, 6.07) is 9.80. The summed E-state index contributed by atoms with van der Waals surface area (Å²) >= 11 is 0. The van der Waals surface area contributed by atoms with Crippen LogP contribution >= 0.6 is 0 Å². The van der Waals surface area contributed by atoms with E-state index < -0.39 is 0 Å². The maximum absolute atomic E-state index is 5.97. The molecule has 5 heteroatoms. The second kappa shape index (κ2) is 4.45. The Balaban J connectivity index is 1.60. The van der Waals surface area contributed by atoms with E-state index in [1.165, 1.54) is 0 Å². The fourth-order valence-electron chi connectivity index (χ4n) is 2.33. The second-order valence-electron chi connectivity index (χ2n) is 4.68. The molecule has 0 saturated heterocycles. The highest BCUT2D eigenvalue weighted by molar-refractivity contribution is 5.59. The molecule has 2 aromatic heterocycles. The summed E-state index contributed by atoms with van der Waals surface area (Å²) in [4.78, 5) is 7.69. The maximum Gasteiger partial charge on any atom is 0.173 e. The number of rotatable bonds is 2. The number of hydrogen-bond donors (Lipinski definition) is 2. The second-order valence-corrected chi connectivity index (χ2v) is 4.68. The number of fused-ring (bicyclic) bond motifs is 1. The highest BCUT2D eigenvalue weighted by Crippen LogP contribution is 2.33. The van der Waals surface area contributed by atoms with Gasteiger partial charge in [-0.25, -0.2) is 4.98 Å². The topological polar surface area (TPSA) is 63.1 Å². The molecular formula is C15H13N3O2. The zero-order valence-corrected chi connectivity index (χ0v) is 10.7. The number of furan rings is 1. The predicted octanol–water partition coefficient (Wildman–Crippen LogP) is 3.22. The van der Waals surface area contributed by atoms with Crippen molar-refractivity contribution in [3.8, 4) is 17.0 Å². The number of aromatic nitrogens is 2. The molecule has 0 radical (unpaired) electrons. The molecule has 3 aromatic rings. The van der Waals surface area contributed by atoms with Crippen molar-refractivity contribution in [2.24, 2.45) is 0 Å². The molecule has 1 aliphatic rings. The molecule has 3 heterocycles. The van der Waals surface area contributed by atoms with Gasteiger partial charge in [-0.3, -0.25) is 0 Å². The first-order chi connectivity index (χ1) is 9.90. The average molecular weight is 267 g/mol. The van der Waals surface area contributed by atoms with Crippen molar-refractivity contribution in [1.29, 1.82) is 0 Å². The standard InChI is InChI=1S/C15H13N3O2/c1-2-4-13-11(3-1)16-8-14(20-13)15-17-7-12(18-15)10-5-6-19-9-10/h1-7,9,14,16H,8H2,(H,17,18). The summed E-state index contributed by atoms with van der Waals surface area (Å²) < 4.78 is 11.0. The Kier molecular flexibility index (Phi) is 2.48. The molecule has 2 N–H and O–H groups in total. The fraction of sp³-hybridized carbons (Fsp3) is 0.133. The number of aromatic amines is 1. The van der Waals surface area contributed by atoms with E-state index in [0.717, 1.165) is 28.5 Å². The van der Waals surface area contributed by atoms with Gasteiger partial charge in [0.1, 0.15) is 11.6 Å². The van der Waals surface area contributed by atoms with E-state index in [-0.39, 0.29) is 6.10 Å². The summed E-state index contributed by atoms with van der Waals surface area (Å²) in [5.41, 5.74) is 2.93. The van der Waals surface area contributed by atoms with E-state index >= 15 is 0 Å². The van der Waals surface area contributed by atoms with Crippen molar-refractivity contribution >= 4 is 5.69 Å². The molecule has 100 valence electrons. The quantitative estimate of drug-likeness (QED) is 0.748. The van der Waals surface area contributed by atoms with Crippen molar-refractivity contribution in [2.75, 3.05) is 11.9 Å². The van der Waals surface area contributed by atoms with Crippen LogP contribution in [0.2, 0.25) is 0 Å². The molecule has 0 saturated carbocycles. The Morgan fingerprint density at radius 1 is 1.20 bits per heavy atom. The number of benzene rings is 1. The van der Waals surface area contributed by atoms with Crippen LogP contribution in [0.4, 0.5) is 5.69 Å². The molecule has 5 nitrogen and oxygen atoms in total. The van der Waals surface area contributed by atoms with Gasteiger partial charge in [0.15, 0.2) is 6.10 Å². The average Bonchev–Trinajstić information content (AvgIpc) is 3.17. The number of H-pyrrole nitrogens is 1. The third-order valence-electron chi connectivity index (χ3n) is 3.37. The molecule has 1 atom stereocenters. The molecule has 0 spiro atoms. The summed E-state index contributed by atoms with van der Waals surface area (Å²) in [6.07, 6.45) is 5.01. The van der Waals surface area contributed by atoms with Crippen LogP contribution in [0.15, 0.2) is 53.5 Å². The lowest BCUT2D eigenvalue weighted by Gasteiger charge is -2.25. The number of para-hydroxylation sites is 2. The van der Waals surface area contributed by atoms with Gasteiger partial charge in [-0.2, -0.15) is 0 Å². The van der Waals surface area contributed by atoms with Crippen LogP contribution in [0.1, 0.15) is 11.9 Å². The van der Waals surface area contributed by atoms with E-state index in [1.807, 2.05) is 30.3 Å². The van der Waals surface area contributed by atoms with Crippen LogP contribution in [-0.2, 0) is 0 Å². The lowest BCUT2D eigenvalue weighted by Crippen LogP contribution is -2.24. The van der Waals surface area contributed by atoms with Crippen LogP contribution in [-0.4, -0.2) is 16.5 Å². The summed E-state index contributed by atoms with van der Waals surface area (Å²) in [7, 11) is 0. The monoisotopic (exact) mass is 267 g/mol. The SMILES string of the molecule is c1ccc2c(c1)NCC(c1ncc(-c3ccoc3)[nH]1)O2. The van der Waals surface area contributed by atoms with Crippen LogP contribution in [0, 0.1) is 0 Å². The molecule has 1 aliphatic heterocycles. The van der Waals surface area contributed by atoms with Gasteiger partial charge in [0.25, 0.3) is 0 Å². The van der Waals surface area contributed by atoms with E-state index in [9.17, 15) is 0 Å². The lowest BCUT2D eigenvalue weighted by molar-refractivity contribution is 0.201. The van der Waals surface area contributed by atoms with E-state index in [4.69, 9.17) is 9.15 Å². The highest BCUT2D eigenvalue weighted by Gasteiger charge is 2.23. The largest absolute Gasteiger partial charge is 0.478 e. The predicted molar refractivity (Wildman–Crippen MR) is 74.6 cm³/mol. The first kappa shape index (κ1) is 11.2. The Labute approximate surface area is 115 Å². The number of nitrogens with one attached hydrogen (secondary N) is 2. The summed E-state index contributed by atoms with van der Waals surface area (Å²) in [5, 5.41) is 3.35. The minimum Gasteiger partial charge on any atom is -0.478 e. The van der Waals surface area contributed by atoms with Gasteiger partial charge < -0.3 is 19.5 Å². The first-order valence-corrected chi connectivity index (χ1v) is 6.47. The fourth-order valence-corrected chi connectivity index (χ4v) is 2.33. The third-order valence-corrected chi connectivity index (χ3v) is 3.37. The van der Waals surface area contributed by atoms with Crippen molar-refractivity contribution in [2.45, 2.75) is 6.10 Å². The van der Waals surface area contributed by atoms with Gasteiger partial charge >= 0.3 is 0 Å². The van der Waals surface area contributed by atoms with Crippen molar-refractivity contribution in [1.82, 2.24) is 9.97 Å². The van der Waals surface area contributed by atoms with Gasteiger partial charge in [-0.05, 0) is 18.2 Å². The van der Waals surface area contributed by atoms with Gasteiger partial charge in [0, 0.05) is 5.56 Å². The third kappa shape index (κ3) is 1.84. The summed E-state index contributed by atoms with van der Waals surface area (Å²) in [6.45, 7) is 0.690. The van der Waals surface area contributed by atoms with Crippen LogP contribution in [0.5, 0.6) is 5.75 Å². The molecule has 4 rings (SSSR count). The van der Waals surface area contributed by atoms with E-state index in [1.54, 1.807) is 18.7 Å². The zero-order valence-electron chi connectivity index (χ0n) is 10.7. The Hall–Kier alpha value is -2.69. The van der Waals surface area contributed by atoms with Crippen LogP contribution in [0.25, 0.3) is 11.3 Å². The number of imidazole rings is 1. The summed E-state index contributed by atoms with van der Waals surface area (Å²) in [5.74, 6) is 1.66. The molecule has 0 bridgehead atoms.